The van der Waals surface area contributed by atoms with E-state index in [0.717, 1.165) is 19.3 Å². The Labute approximate surface area is 162 Å². The van der Waals surface area contributed by atoms with E-state index in [2.05, 4.69) is 79.7 Å². The molecule has 3 unspecified atom stereocenters. The monoisotopic (exact) mass is 424 g/mol. The van der Waals surface area contributed by atoms with Gasteiger partial charge in [-0.2, -0.15) is 0 Å². The van der Waals surface area contributed by atoms with E-state index in [4.69, 9.17) is 13.6 Å². The zero-order valence-electron chi connectivity index (χ0n) is 19.0. The van der Waals surface area contributed by atoms with Gasteiger partial charge in [0.05, 0.1) is 41.4 Å². The summed E-state index contributed by atoms with van der Waals surface area (Å²) in [6, 6.07) is 0. The molecule has 152 valence electrons. The minimum absolute atomic E-state index is 0.289. The molecule has 0 aromatic rings. The first kappa shape index (κ1) is 26.0. The van der Waals surface area contributed by atoms with E-state index in [1.807, 2.05) is 0 Å². The molecule has 0 aliphatic heterocycles. The highest BCUT2D eigenvalue weighted by Crippen LogP contribution is 2.48. The minimum atomic E-state index is -1.41. The second-order valence-corrected chi connectivity index (χ2v) is 27.5. The molecule has 7 heteroatoms. The summed E-state index contributed by atoms with van der Waals surface area (Å²) in [5.74, 6) is 0. The van der Waals surface area contributed by atoms with Gasteiger partial charge in [0.2, 0.25) is 0 Å². The lowest BCUT2D eigenvalue weighted by Crippen LogP contribution is -2.43. The molecule has 0 N–H and O–H groups in total. The summed E-state index contributed by atoms with van der Waals surface area (Å²) in [5.41, 5.74) is 0.866. The molecule has 0 saturated heterocycles. The number of rotatable bonds is 12. The summed E-state index contributed by atoms with van der Waals surface area (Å²) < 4.78 is 19.6. The lowest BCUT2D eigenvalue weighted by atomic mass is 10.5. The largest absolute Gasteiger partial charge is 0.332 e. The quantitative estimate of drug-likeness (QED) is 0.244. The van der Waals surface area contributed by atoms with E-state index in [1.54, 1.807) is 0 Å². The zero-order valence-corrected chi connectivity index (χ0v) is 22.9. The highest BCUT2D eigenvalue weighted by Gasteiger charge is 2.38. The molecule has 0 amide bonds. The molecule has 0 spiro atoms. The lowest BCUT2D eigenvalue weighted by molar-refractivity contribution is 0.115. The van der Waals surface area contributed by atoms with Gasteiger partial charge in [-0.3, -0.25) is 0 Å². The van der Waals surface area contributed by atoms with E-state index in [0.29, 0.717) is 0 Å². The fraction of sp³-hybridized carbons (Fsp3) is 1.00. The molecule has 3 nitrogen and oxygen atoms in total. The van der Waals surface area contributed by atoms with E-state index < -0.39 is 32.8 Å². The average molecular weight is 425 g/mol. The van der Waals surface area contributed by atoms with Crippen LogP contribution in [0.3, 0.4) is 0 Å². The first-order chi connectivity index (χ1) is 11.2. The Morgan fingerprint density at radius 1 is 0.520 bits per heavy atom. The molecular weight excluding hydrogens is 379 g/mol. The Hall–Kier alpha value is 0.961. The van der Waals surface area contributed by atoms with Crippen molar-refractivity contribution in [3.63, 3.8) is 0 Å². The third-order valence-corrected chi connectivity index (χ3v) is 13.9. The Kier molecular flexibility index (Phi) is 10.9. The molecule has 0 aromatic heterocycles. The van der Waals surface area contributed by atoms with E-state index in [9.17, 15) is 0 Å². The minimum Gasteiger partial charge on any atom is -0.312 e. The topological polar surface area (TPSA) is 27.7 Å². The molecule has 0 bridgehead atoms. The molecule has 0 rings (SSSR count). The molecule has 0 aliphatic carbocycles. The van der Waals surface area contributed by atoms with Crippen molar-refractivity contribution in [2.45, 2.75) is 116 Å². The molecule has 0 aliphatic rings. The van der Waals surface area contributed by atoms with Crippen molar-refractivity contribution in [3.8, 4) is 0 Å². The maximum atomic E-state index is 6.55. The van der Waals surface area contributed by atoms with Gasteiger partial charge in [-0.25, -0.2) is 0 Å². The van der Waals surface area contributed by atoms with Crippen LogP contribution in [-0.4, -0.2) is 41.4 Å². The molecule has 0 saturated carbocycles. The van der Waals surface area contributed by atoms with E-state index in [-0.39, 0.29) is 17.2 Å². The molecular formula is C18H45O3PSi3. The van der Waals surface area contributed by atoms with E-state index >= 15 is 0 Å². The Balaban J connectivity index is 5.42. The Bertz CT molecular complexity index is 318. The van der Waals surface area contributed by atoms with Gasteiger partial charge < -0.3 is 13.6 Å². The van der Waals surface area contributed by atoms with Gasteiger partial charge in [-0.05, 0) is 19.3 Å². The van der Waals surface area contributed by atoms with Crippen LogP contribution in [-0.2, 0) is 13.6 Å². The summed E-state index contributed by atoms with van der Waals surface area (Å²) in [7, 11) is -5.51. The summed E-state index contributed by atoms with van der Waals surface area (Å²) >= 11 is 0. The van der Waals surface area contributed by atoms with Gasteiger partial charge in [0.15, 0.2) is 0 Å². The molecule has 0 radical (unpaired) electrons. The highest BCUT2D eigenvalue weighted by atomic mass is 31.2. The van der Waals surface area contributed by atoms with E-state index in [1.165, 1.54) is 0 Å². The SMILES string of the molecule is CCC(OP(OC(CC)[Si](C)(C)C)OC(CC)[Si](C)(C)C)[Si](C)(C)C. The third-order valence-electron chi connectivity index (χ3n) is 4.65. The van der Waals surface area contributed by atoms with Crippen molar-refractivity contribution in [1.82, 2.24) is 0 Å². The van der Waals surface area contributed by atoms with Gasteiger partial charge in [0.1, 0.15) is 0 Å². The van der Waals surface area contributed by atoms with Gasteiger partial charge in [0.25, 0.3) is 0 Å². The van der Waals surface area contributed by atoms with Crippen LogP contribution in [0.15, 0.2) is 0 Å². The Morgan fingerprint density at radius 2 is 0.720 bits per heavy atom. The van der Waals surface area contributed by atoms with Crippen molar-refractivity contribution >= 4 is 32.8 Å². The van der Waals surface area contributed by atoms with Gasteiger partial charge in [-0.1, -0.05) is 79.7 Å². The lowest BCUT2D eigenvalue weighted by Gasteiger charge is -2.38. The van der Waals surface area contributed by atoms with Crippen LogP contribution in [0.25, 0.3) is 0 Å². The highest BCUT2D eigenvalue weighted by molar-refractivity contribution is 7.42. The van der Waals surface area contributed by atoms with Crippen LogP contribution in [0.2, 0.25) is 58.9 Å². The molecule has 3 atom stereocenters. The maximum absolute atomic E-state index is 6.55. The summed E-state index contributed by atoms with van der Waals surface area (Å²) in [5, 5.41) is 0. The zero-order chi connectivity index (χ0) is 20.1. The second-order valence-electron chi connectivity index (χ2n) is 10.3. The van der Waals surface area contributed by atoms with Gasteiger partial charge in [0, 0.05) is 0 Å². The van der Waals surface area contributed by atoms with Crippen molar-refractivity contribution in [3.05, 3.63) is 0 Å². The molecule has 0 fully saturated rings. The second kappa shape index (κ2) is 10.5. The van der Waals surface area contributed by atoms with Crippen LogP contribution < -0.4 is 0 Å². The number of hydrogen-bond acceptors (Lipinski definition) is 3. The summed E-state index contributed by atoms with van der Waals surface area (Å²) in [6.45, 7) is 28.1. The summed E-state index contributed by atoms with van der Waals surface area (Å²) in [6.07, 6.45) is 3.11. The van der Waals surface area contributed by atoms with Crippen LogP contribution in [0, 0.1) is 0 Å². The summed E-state index contributed by atoms with van der Waals surface area (Å²) in [4.78, 5) is 0. The van der Waals surface area contributed by atoms with Crippen molar-refractivity contribution in [1.29, 1.82) is 0 Å². The van der Waals surface area contributed by atoms with Gasteiger partial charge in [-0.15, -0.1) is 0 Å². The standard InChI is InChI=1S/C18H45O3PSi3/c1-13-16(23(4,5)6)19-22(20-17(14-2)24(7,8)9)21-18(15-3)25(10,11)12/h16-18H,13-15H2,1-12H3. The fourth-order valence-electron chi connectivity index (χ4n) is 2.92. The molecule has 0 aromatic carbocycles. The smallest absolute Gasteiger partial charge is 0.312 e. The predicted octanol–water partition coefficient (Wildman–Crippen LogP) is 7.23. The Morgan fingerprint density at radius 3 is 0.840 bits per heavy atom. The molecule has 25 heavy (non-hydrogen) atoms. The maximum Gasteiger partial charge on any atom is 0.332 e. The first-order valence-corrected chi connectivity index (χ1v) is 21.8. The van der Waals surface area contributed by atoms with Crippen LogP contribution in [0.1, 0.15) is 40.0 Å². The number of hydrogen-bond donors (Lipinski definition) is 0. The first-order valence-electron chi connectivity index (χ1n) is 9.97. The predicted molar refractivity (Wildman–Crippen MR) is 122 cm³/mol. The van der Waals surface area contributed by atoms with Crippen molar-refractivity contribution in [2.75, 3.05) is 0 Å². The van der Waals surface area contributed by atoms with Crippen molar-refractivity contribution in [2.24, 2.45) is 0 Å². The van der Waals surface area contributed by atoms with Crippen LogP contribution in [0.4, 0.5) is 0 Å². The third kappa shape index (κ3) is 9.63. The normalized spacial score (nSPS) is 18.7. The van der Waals surface area contributed by atoms with Crippen molar-refractivity contribution < 1.29 is 13.6 Å². The van der Waals surface area contributed by atoms with Crippen LogP contribution >= 0.6 is 8.60 Å². The van der Waals surface area contributed by atoms with Gasteiger partial charge >= 0.3 is 8.60 Å². The average Bonchev–Trinajstić information content (AvgIpc) is 2.42. The van der Waals surface area contributed by atoms with Crippen LogP contribution in [0.5, 0.6) is 0 Å². The fourth-order valence-corrected chi connectivity index (χ4v) is 12.4. The molecule has 0 heterocycles.